The van der Waals surface area contributed by atoms with Crippen molar-refractivity contribution in [2.75, 3.05) is 12.3 Å². The number of nitrogens with zero attached hydrogens (tertiary/aromatic N) is 7. The first-order chi connectivity index (χ1) is 18.4. The lowest BCUT2D eigenvalue weighted by Crippen LogP contribution is -2.30. The number of benzene rings is 2. The molecule has 0 aliphatic rings. The van der Waals surface area contributed by atoms with E-state index in [2.05, 4.69) is 45.4 Å². The fourth-order valence-corrected chi connectivity index (χ4v) is 4.24. The van der Waals surface area contributed by atoms with Crippen LogP contribution < -0.4 is 10.5 Å². The highest BCUT2D eigenvalue weighted by Gasteiger charge is 2.29. The number of aliphatic carboxylic acids is 1. The maximum absolute atomic E-state index is 11.6. The quantitative estimate of drug-likeness (QED) is 0.311. The number of carboxylic acid groups (broad SMARTS) is 1. The zero-order chi connectivity index (χ0) is 27.9. The molecular formula is C28H30N8O3. The van der Waals surface area contributed by atoms with Crippen LogP contribution in [0.3, 0.4) is 0 Å². The van der Waals surface area contributed by atoms with Gasteiger partial charge in [0, 0.05) is 35.1 Å². The highest BCUT2D eigenvalue weighted by atomic mass is 16.5. The van der Waals surface area contributed by atoms with Crippen LogP contribution in [0.5, 0.6) is 5.75 Å². The van der Waals surface area contributed by atoms with E-state index in [1.807, 2.05) is 36.4 Å². The van der Waals surface area contributed by atoms with Crippen molar-refractivity contribution >= 4 is 23.0 Å². The van der Waals surface area contributed by atoms with E-state index in [9.17, 15) is 9.90 Å². The minimum atomic E-state index is -1.04. The fraction of sp³-hybridized carbons (Fsp3) is 0.286. The SMILES string of the molecule is CC(C)(COc1ccc(-c2nc3cc(-c4cnc(N)nc4)ccc3n2C(C)(C)C)c(-n2cncn2)c1)C(=O)O. The van der Waals surface area contributed by atoms with E-state index in [1.54, 1.807) is 37.3 Å². The number of fused-ring (bicyclic) bond motifs is 1. The van der Waals surface area contributed by atoms with Crippen molar-refractivity contribution in [2.24, 2.45) is 5.41 Å². The van der Waals surface area contributed by atoms with Crippen LogP contribution in [0.15, 0.2) is 61.4 Å². The summed E-state index contributed by atoms with van der Waals surface area (Å²) in [6.45, 7) is 9.63. The molecule has 0 radical (unpaired) electrons. The van der Waals surface area contributed by atoms with Gasteiger partial charge in [-0.1, -0.05) is 6.07 Å². The Kier molecular flexibility index (Phi) is 6.29. The van der Waals surface area contributed by atoms with Crippen molar-refractivity contribution in [2.45, 2.75) is 40.2 Å². The number of imidazole rings is 1. The largest absolute Gasteiger partial charge is 0.492 e. The lowest BCUT2D eigenvalue weighted by Gasteiger charge is -2.25. The minimum absolute atomic E-state index is 0.0105. The summed E-state index contributed by atoms with van der Waals surface area (Å²) in [5.74, 6) is 0.548. The summed E-state index contributed by atoms with van der Waals surface area (Å²) in [5.41, 5.74) is 9.36. The van der Waals surface area contributed by atoms with Crippen LogP contribution in [0.2, 0.25) is 0 Å². The molecular weight excluding hydrogens is 496 g/mol. The van der Waals surface area contributed by atoms with Crippen LogP contribution in [-0.4, -0.2) is 52.0 Å². The first kappa shape index (κ1) is 25.8. The Bertz CT molecular complexity index is 1650. The summed E-state index contributed by atoms with van der Waals surface area (Å²) in [4.78, 5) is 29.0. The van der Waals surface area contributed by atoms with Crippen LogP contribution in [0.25, 0.3) is 39.2 Å². The Labute approximate surface area is 225 Å². The smallest absolute Gasteiger partial charge is 0.312 e. The number of hydrogen-bond donors (Lipinski definition) is 2. The third kappa shape index (κ3) is 5.02. The molecule has 0 amide bonds. The lowest BCUT2D eigenvalue weighted by molar-refractivity contribution is -0.148. The van der Waals surface area contributed by atoms with Gasteiger partial charge >= 0.3 is 5.97 Å². The Balaban J connectivity index is 1.65. The number of aromatic nitrogens is 7. The molecule has 0 fully saturated rings. The summed E-state index contributed by atoms with van der Waals surface area (Å²) in [7, 11) is 0. The second-order valence-corrected chi connectivity index (χ2v) is 11.0. The standard InChI is InChI=1S/C28H30N8O3/c1-27(2,3)36-22-9-6-17(18-12-31-26(29)32-13-18)10-21(22)34-24(36)20-8-7-19(39-14-28(4,5)25(37)38)11-23(20)35-16-30-15-33-35/h6-13,15-16H,14H2,1-5H3,(H,37,38)(H2,29,31,32). The van der Waals surface area contributed by atoms with Crippen LogP contribution in [0, 0.1) is 5.41 Å². The van der Waals surface area contributed by atoms with Crippen molar-refractivity contribution in [3.63, 3.8) is 0 Å². The van der Waals surface area contributed by atoms with Crippen LogP contribution in [0.4, 0.5) is 5.95 Å². The summed E-state index contributed by atoms with van der Waals surface area (Å²) in [6.07, 6.45) is 6.45. The highest BCUT2D eigenvalue weighted by molar-refractivity contribution is 5.87. The predicted molar refractivity (Wildman–Crippen MR) is 147 cm³/mol. The normalized spacial score (nSPS) is 12.1. The van der Waals surface area contributed by atoms with Crippen molar-refractivity contribution in [1.82, 2.24) is 34.3 Å². The van der Waals surface area contributed by atoms with Gasteiger partial charge in [-0.25, -0.2) is 24.6 Å². The van der Waals surface area contributed by atoms with Gasteiger partial charge in [-0.05, 0) is 64.4 Å². The van der Waals surface area contributed by atoms with E-state index in [0.29, 0.717) is 11.4 Å². The monoisotopic (exact) mass is 526 g/mol. The number of ether oxygens (including phenoxy) is 1. The molecule has 11 heteroatoms. The van der Waals surface area contributed by atoms with Crippen molar-refractivity contribution in [3.05, 3.63) is 61.4 Å². The van der Waals surface area contributed by atoms with Crippen molar-refractivity contribution in [3.8, 4) is 34.0 Å². The summed E-state index contributed by atoms with van der Waals surface area (Å²) in [6, 6.07) is 11.6. The molecule has 5 aromatic rings. The maximum atomic E-state index is 11.6. The van der Waals surface area contributed by atoms with Gasteiger partial charge < -0.3 is 20.1 Å². The molecule has 0 atom stereocenters. The first-order valence-corrected chi connectivity index (χ1v) is 12.4. The molecule has 39 heavy (non-hydrogen) atoms. The van der Waals surface area contributed by atoms with E-state index in [-0.39, 0.29) is 18.1 Å². The highest BCUT2D eigenvalue weighted by Crippen LogP contribution is 2.37. The van der Waals surface area contributed by atoms with Gasteiger partial charge in [0.25, 0.3) is 0 Å². The number of anilines is 1. The van der Waals surface area contributed by atoms with Crippen LogP contribution in [0.1, 0.15) is 34.6 Å². The molecule has 11 nitrogen and oxygen atoms in total. The summed E-state index contributed by atoms with van der Waals surface area (Å²) in [5, 5.41) is 13.8. The number of rotatable bonds is 7. The number of carbonyl (C=O) groups is 1. The molecule has 3 N–H and O–H groups in total. The number of hydrogen-bond acceptors (Lipinski definition) is 8. The summed E-state index contributed by atoms with van der Waals surface area (Å²) >= 11 is 0. The number of carboxylic acids is 1. The predicted octanol–water partition coefficient (Wildman–Crippen LogP) is 4.57. The topological polar surface area (TPSA) is 147 Å². The van der Waals surface area contributed by atoms with Gasteiger partial charge in [0.05, 0.1) is 22.1 Å². The third-order valence-electron chi connectivity index (χ3n) is 6.38. The fourth-order valence-electron chi connectivity index (χ4n) is 4.24. The van der Waals surface area contributed by atoms with Gasteiger partial charge in [-0.15, -0.1) is 0 Å². The van der Waals surface area contributed by atoms with Gasteiger partial charge in [-0.2, -0.15) is 5.10 Å². The Morgan fingerprint density at radius 2 is 1.77 bits per heavy atom. The van der Waals surface area contributed by atoms with Crippen molar-refractivity contribution < 1.29 is 14.6 Å². The zero-order valence-corrected chi connectivity index (χ0v) is 22.5. The molecule has 3 aromatic heterocycles. The average molecular weight is 527 g/mol. The van der Waals surface area contributed by atoms with E-state index >= 15 is 0 Å². The van der Waals surface area contributed by atoms with Gasteiger partial charge in [-0.3, -0.25) is 4.79 Å². The van der Waals surface area contributed by atoms with Crippen molar-refractivity contribution in [1.29, 1.82) is 0 Å². The van der Waals surface area contributed by atoms with Crippen LogP contribution >= 0.6 is 0 Å². The van der Waals surface area contributed by atoms with Crippen LogP contribution in [-0.2, 0) is 10.3 Å². The first-order valence-electron chi connectivity index (χ1n) is 12.4. The number of nitrogens with two attached hydrogens (primary N) is 1. The molecule has 0 aliphatic carbocycles. The molecule has 0 saturated heterocycles. The lowest BCUT2D eigenvalue weighted by atomic mass is 9.95. The molecule has 200 valence electrons. The molecule has 0 saturated carbocycles. The number of nitrogen functional groups attached to an aromatic ring is 1. The second kappa shape index (κ2) is 9.50. The average Bonchev–Trinajstić information content (AvgIpc) is 3.55. The van der Waals surface area contributed by atoms with E-state index in [4.69, 9.17) is 15.5 Å². The second-order valence-electron chi connectivity index (χ2n) is 11.0. The van der Waals surface area contributed by atoms with E-state index in [0.717, 1.165) is 33.5 Å². The maximum Gasteiger partial charge on any atom is 0.312 e. The Hall–Kier alpha value is -4.80. The third-order valence-corrected chi connectivity index (χ3v) is 6.38. The Morgan fingerprint density at radius 1 is 1.03 bits per heavy atom. The zero-order valence-electron chi connectivity index (χ0n) is 22.5. The van der Waals surface area contributed by atoms with Gasteiger partial charge in [0.2, 0.25) is 5.95 Å². The van der Waals surface area contributed by atoms with E-state index in [1.165, 1.54) is 6.33 Å². The van der Waals surface area contributed by atoms with Gasteiger partial charge in [0.1, 0.15) is 30.8 Å². The van der Waals surface area contributed by atoms with E-state index < -0.39 is 11.4 Å². The molecule has 3 heterocycles. The Morgan fingerprint density at radius 3 is 2.41 bits per heavy atom. The molecule has 2 aromatic carbocycles. The molecule has 0 bridgehead atoms. The molecule has 0 aliphatic heterocycles. The molecule has 5 rings (SSSR count). The summed E-state index contributed by atoms with van der Waals surface area (Å²) < 4.78 is 9.74. The molecule has 0 spiro atoms. The van der Waals surface area contributed by atoms with Gasteiger partial charge in [0.15, 0.2) is 0 Å². The minimum Gasteiger partial charge on any atom is -0.492 e. The molecule has 0 unspecified atom stereocenters.